The van der Waals surface area contributed by atoms with Crippen LogP contribution in [0.3, 0.4) is 0 Å². The Morgan fingerprint density at radius 3 is 2.54 bits per heavy atom. The van der Waals surface area contributed by atoms with Gasteiger partial charge in [-0.2, -0.15) is 0 Å². The van der Waals surface area contributed by atoms with Gasteiger partial charge >= 0.3 is 0 Å². The van der Waals surface area contributed by atoms with Crippen molar-refractivity contribution >= 4 is 16.9 Å². The lowest BCUT2D eigenvalue weighted by Gasteiger charge is -2.17. The Kier molecular flexibility index (Phi) is 4.85. The van der Waals surface area contributed by atoms with Crippen LogP contribution in [0.15, 0.2) is 59.0 Å². The summed E-state index contributed by atoms with van der Waals surface area (Å²) in [7, 11) is 1.79. The maximum absolute atomic E-state index is 12.3. The predicted molar refractivity (Wildman–Crippen MR) is 94.0 cm³/mol. The third-order valence-corrected chi connectivity index (χ3v) is 4.03. The monoisotopic (exact) mass is 323 g/mol. The standard InChI is InChI=1S/C20H21NO3/c1-3-18-17(16-11-7-8-12-19(16)24-18)13-21(2)20(22)14-23-15-9-5-4-6-10-15/h4-12H,3,13-14H2,1-2H3. The van der Waals surface area contributed by atoms with E-state index >= 15 is 0 Å². The third-order valence-electron chi connectivity index (χ3n) is 4.03. The largest absolute Gasteiger partial charge is 0.484 e. The normalized spacial score (nSPS) is 10.8. The number of carbonyl (C=O) groups is 1. The van der Waals surface area contributed by atoms with Gasteiger partial charge in [0.15, 0.2) is 6.61 Å². The van der Waals surface area contributed by atoms with Gasteiger partial charge in [-0.25, -0.2) is 0 Å². The first-order chi connectivity index (χ1) is 11.7. The average molecular weight is 323 g/mol. The predicted octanol–water partition coefficient (Wildman–Crippen LogP) is 4.03. The second-order valence-electron chi connectivity index (χ2n) is 5.71. The van der Waals surface area contributed by atoms with Crippen molar-refractivity contribution in [3.05, 3.63) is 65.9 Å². The minimum atomic E-state index is -0.0637. The fourth-order valence-corrected chi connectivity index (χ4v) is 2.71. The molecule has 0 fully saturated rings. The SMILES string of the molecule is CCc1oc2ccccc2c1CN(C)C(=O)COc1ccccc1. The molecule has 0 atom stereocenters. The van der Waals surface area contributed by atoms with Crippen LogP contribution in [-0.2, 0) is 17.8 Å². The van der Waals surface area contributed by atoms with Crippen molar-refractivity contribution in [2.45, 2.75) is 19.9 Å². The van der Waals surface area contributed by atoms with E-state index < -0.39 is 0 Å². The number of nitrogens with zero attached hydrogens (tertiary/aromatic N) is 1. The number of ether oxygens (including phenoxy) is 1. The number of carbonyl (C=O) groups excluding carboxylic acids is 1. The Morgan fingerprint density at radius 1 is 1.08 bits per heavy atom. The van der Waals surface area contributed by atoms with Crippen molar-refractivity contribution in [3.63, 3.8) is 0 Å². The van der Waals surface area contributed by atoms with E-state index in [0.717, 1.165) is 28.7 Å². The van der Waals surface area contributed by atoms with Gasteiger partial charge in [-0.15, -0.1) is 0 Å². The van der Waals surface area contributed by atoms with Crippen LogP contribution in [0, 0.1) is 0 Å². The smallest absolute Gasteiger partial charge is 0.260 e. The molecular formula is C20H21NO3. The van der Waals surface area contributed by atoms with Gasteiger partial charge in [0.25, 0.3) is 5.91 Å². The zero-order chi connectivity index (χ0) is 16.9. The molecule has 0 aliphatic heterocycles. The van der Waals surface area contributed by atoms with Crippen LogP contribution in [0.1, 0.15) is 18.2 Å². The highest BCUT2D eigenvalue weighted by Crippen LogP contribution is 2.27. The van der Waals surface area contributed by atoms with Crippen LogP contribution >= 0.6 is 0 Å². The van der Waals surface area contributed by atoms with Crippen LogP contribution in [0.5, 0.6) is 5.75 Å². The molecule has 0 bridgehead atoms. The van der Waals surface area contributed by atoms with Crippen molar-refractivity contribution in [2.24, 2.45) is 0 Å². The van der Waals surface area contributed by atoms with Gasteiger partial charge in [-0.3, -0.25) is 4.79 Å². The lowest BCUT2D eigenvalue weighted by Crippen LogP contribution is -2.31. The van der Waals surface area contributed by atoms with Crippen LogP contribution in [0.25, 0.3) is 11.0 Å². The molecule has 3 rings (SSSR count). The highest BCUT2D eigenvalue weighted by molar-refractivity contribution is 5.83. The van der Waals surface area contributed by atoms with E-state index in [9.17, 15) is 4.79 Å². The number of para-hydroxylation sites is 2. The highest BCUT2D eigenvalue weighted by atomic mass is 16.5. The number of hydrogen-bond donors (Lipinski definition) is 0. The van der Waals surface area contributed by atoms with Gasteiger partial charge in [0, 0.05) is 31.0 Å². The summed E-state index contributed by atoms with van der Waals surface area (Å²) in [6.45, 7) is 2.59. The summed E-state index contributed by atoms with van der Waals surface area (Å²) in [6, 6.07) is 17.3. The van der Waals surface area contributed by atoms with Gasteiger partial charge in [0.05, 0.1) is 0 Å². The first kappa shape index (κ1) is 16.1. The van der Waals surface area contributed by atoms with E-state index in [1.807, 2.05) is 54.6 Å². The summed E-state index contributed by atoms with van der Waals surface area (Å²) >= 11 is 0. The highest BCUT2D eigenvalue weighted by Gasteiger charge is 2.17. The van der Waals surface area contributed by atoms with Gasteiger partial charge in [0.1, 0.15) is 17.1 Å². The number of hydrogen-bond acceptors (Lipinski definition) is 3. The molecular weight excluding hydrogens is 302 g/mol. The first-order valence-electron chi connectivity index (χ1n) is 8.10. The maximum Gasteiger partial charge on any atom is 0.260 e. The number of amides is 1. The number of aryl methyl sites for hydroxylation is 1. The Bertz CT molecular complexity index is 823. The molecule has 3 aromatic rings. The molecule has 0 saturated heterocycles. The molecule has 4 nitrogen and oxygen atoms in total. The molecule has 4 heteroatoms. The van der Waals surface area contributed by atoms with Crippen LogP contribution < -0.4 is 4.74 Å². The van der Waals surface area contributed by atoms with Gasteiger partial charge in [-0.05, 0) is 18.2 Å². The van der Waals surface area contributed by atoms with Crippen molar-refractivity contribution < 1.29 is 13.9 Å². The fraction of sp³-hybridized carbons (Fsp3) is 0.250. The molecule has 0 aliphatic carbocycles. The Morgan fingerprint density at radius 2 is 1.79 bits per heavy atom. The number of likely N-dealkylation sites (N-methyl/N-ethyl adjacent to an activating group) is 1. The summed E-state index contributed by atoms with van der Waals surface area (Å²) in [6.07, 6.45) is 0.798. The summed E-state index contributed by atoms with van der Waals surface area (Å²) in [5.74, 6) is 1.56. The van der Waals surface area contributed by atoms with E-state index in [1.54, 1.807) is 11.9 Å². The number of rotatable bonds is 6. The molecule has 124 valence electrons. The lowest BCUT2D eigenvalue weighted by molar-refractivity contribution is -0.132. The van der Waals surface area contributed by atoms with E-state index in [0.29, 0.717) is 12.3 Å². The average Bonchev–Trinajstić information content (AvgIpc) is 2.98. The lowest BCUT2D eigenvalue weighted by atomic mass is 10.1. The van der Waals surface area contributed by atoms with Gasteiger partial charge in [0.2, 0.25) is 0 Å². The molecule has 24 heavy (non-hydrogen) atoms. The number of furan rings is 1. The van der Waals surface area contributed by atoms with Crippen LogP contribution in [-0.4, -0.2) is 24.5 Å². The second-order valence-corrected chi connectivity index (χ2v) is 5.71. The minimum absolute atomic E-state index is 0.0256. The quantitative estimate of drug-likeness (QED) is 0.688. The first-order valence-corrected chi connectivity index (χ1v) is 8.10. The van der Waals surface area contributed by atoms with Crippen LogP contribution in [0.4, 0.5) is 0 Å². The van der Waals surface area contributed by atoms with Crippen LogP contribution in [0.2, 0.25) is 0 Å². The molecule has 0 unspecified atom stereocenters. The maximum atomic E-state index is 12.3. The van der Waals surface area contributed by atoms with Crippen molar-refractivity contribution in [3.8, 4) is 5.75 Å². The zero-order valence-corrected chi connectivity index (χ0v) is 14.0. The molecule has 0 aliphatic rings. The molecule has 0 saturated carbocycles. The molecule has 0 N–H and O–H groups in total. The Balaban J connectivity index is 1.70. The molecule has 1 heterocycles. The summed E-state index contributed by atoms with van der Waals surface area (Å²) in [4.78, 5) is 14.0. The Hall–Kier alpha value is -2.75. The van der Waals surface area contributed by atoms with E-state index in [2.05, 4.69) is 6.92 Å². The summed E-state index contributed by atoms with van der Waals surface area (Å²) < 4.78 is 11.4. The van der Waals surface area contributed by atoms with E-state index in [-0.39, 0.29) is 12.5 Å². The molecule has 0 radical (unpaired) electrons. The molecule has 0 spiro atoms. The molecule has 1 aromatic heterocycles. The Labute approximate surface area is 141 Å². The molecule has 2 aromatic carbocycles. The topological polar surface area (TPSA) is 42.7 Å². The van der Waals surface area contributed by atoms with Crippen molar-refractivity contribution in [2.75, 3.05) is 13.7 Å². The third kappa shape index (κ3) is 3.43. The molecule has 1 amide bonds. The summed E-state index contributed by atoms with van der Waals surface area (Å²) in [5, 5.41) is 1.07. The summed E-state index contributed by atoms with van der Waals surface area (Å²) in [5.41, 5.74) is 1.94. The van der Waals surface area contributed by atoms with E-state index in [1.165, 1.54) is 0 Å². The number of benzene rings is 2. The number of fused-ring (bicyclic) bond motifs is 1. The van der Waals surface area contributed by atoms with Gasteiger partial charge in [-0.1, -0.05) is 43.3 Å². The van der Waals surface area contributed by atoms with Crippen molar-refractivity contribution in [1.82, 2.24) is 4.90 Å². The minimum Gasteiger partial charge on any atom is -0.484 e. The zero-order valence-electron chi connectivity index (χ0n) is 14.0. The second kappa shape index (κ2) is 7.21. The fourth-order valence-electron chi connectivity index (χ4n) is 2.71. The van der Waals surface area contributed by atoms with Gasteiger partial charge < -0.3 is 14.1 Å². The van der Waals surface area contributed by atoms with Crippen molar-refractivity contribution in [1.29, 1.82) is 0 Å². The van der Waals surface area contributed by atoms with E-state index in [4.69, 9.17) is 9.15 Å².